The highest BCUT2D eigenvalue weighted by Crippen LogP contribution is 2.30. The Balaban J connectivity index is 1.77. The SMILES string of the molecule is Cc1cc(/C=N\NC(=O)CN(c2cc(Cl)ccc2Cl)S(C)(=O)=O)c(C)n1-c1cccc(Cl)c1. The first-order valence-electron chi connectivity index (χ1n) is 9.67. The van der Waals surface area contributed by atoms with Crippen LogP contribution in [0, 0.1) is 13.8 Å². The van der Waals surface area contributed by atoms with Crippen molar-refractivity contribution in [2.24, 2.45) is 5.10 Å². The second-order valence-corrected chi connectivity index (χ2v) is 10.5. The third kappa shape index (κ3) is 6.09. The lowest BCUT2D eigenvalue weighted by molar-refractivity contribution is -0.119. The lowest BCUT2D eigenvalue weighted by Crippen LogP contribution is -2.39. The van der Waals surface area contributed by atoms with E-state index < -0.39 is 22.5 Å². The van der Waals surface area contributed by atoms with Crippen molar-refractivity contribution in [3.05, 3.63) is 80.6 Å². The Kier molecular flexibility index (Phi) is 7.74. The zero-order valence-electron chi connectivity index (χ0n) is 18.0. The number of aromatic nitrogens is 1. The zero-order valence-corrected chi connectivity index (χ0v) is 21.1. The number of aryl methyl sites for hydroxylation is 1. The number of sulfonamides is 1. The number of rotatable bonds is 7. The second kappa shape index (κ2) is 10.2. The van der Waals surface area contributed by atoms with E-state index in [1.165, 1.54) is 24.4 Å². The van der Waals surface area contributed by atoms with Crippen molar-refractivity contribution in [2.75, 3.05) is 17.1 Å². The first-order chi connectivity index (χ1) is 15.5. The molecule has 1 amide bonds. The van der Waals surface area contributed by atoms with Gasteiger partial charge in [0.15, 0.2) is 0 Å². The van der Waals surface area contributed by atoms with E-state index in [-0.39, 0.29) is 15.7 Å². The zero-order chi connectivity index (χ0) is 24.3. The molecule has 0 bridgehead atoms. The Morgan fingerprint density at radius 2 is 1.79 bits per heavy atom. The second-order valence-electron chi connectivity index (χ2n) is 7.30. The van der Waals surface area contributed by atoms with Crippen LogP contribution in [-0.4, -0.2) is 37.9 Å². The minimum Gasteiger partial charge on any atom is -0.318 e. The van der Waals surface area contributed by atoms with Gasteiger partial charge in [-0.25, -0.2) is 13.8 Å². The molecule has 1 N–H and O–H groups in total. The summed E-state index contributed by atoms with van der Waals surface area (Å²) in [6.45, 7) is 3.35. The molecular formula is C22H21Cl3N4O3S. The standard InChI is InChI=1S/C22H21Cl3N4O3S/c1-14-9-16(15(2)29(14)19-6-4-5-17(23)10-19)12-26-27-22(30)13-28(33(3,31)32)21-11-18(24)7-8-20(21)25/h4-12H,13H2,1-3H3,(H,27,30)/b26-12-. The summed E-state index contributed by atoms with van der Waals surface area (Å²) < 4.78 is 27.4. The van der Waals surface area contributed by atoms with E-state index in [1.54, 1.807) is 6.07 Å². The number of nitrogens with one attached hydrogen (secondary N) is 1. The van der Waals surface area contributed by atoms with Crippen molar-refractivity contribution < 1.29 is 13.2 Å². The maximum Gasteiger partial charge on any atom is 0.260 e. The first kappa shape index (κ1) is 25.1. The van der Waals surface area contributed by atoms with Crippen molar-refractivity contribution in [1.29, 1.82) is 0 Å². The minimum atomic E-state index is -3.81. The molecule has 0 fully saturated rings. The van der Waals surface area contributed by atoms with Crippen molar-refractivity contribution in [2.45, 2.75) is 13.8 Å². The largest absolute Gasteiger partial charge is 0.318 e. The monoisotopic (exact) mass is 526 g/mol. The van der Waals surface area contributed by atoms with Crippen molar-refractivity contribution in [1.82, 2.24) is 9.99 Å². The third-order valence-electron chi connectivity index (χ3n) is 4.79. The maximum atomic E-state index is 12.4. The van der Waals surface area contributed by atoms with E-state index in [9.17, 15) is 13.2 Å². The van der Waals surface area contributed by atoms with Crippen LogP contribution in [0.25, 0.3) is 5.69 Å². The topological polar surface area (TPSA) is 83.8 Å². The summed E-state index contributed by atoms with van der Waals surface area (Å²) in [5.41, 5.74) is 6.02. The van der Waals surface area contributed by atoms with Gasteiger partial charge in [0.1, 0.15) is 6.54 Å². The molecule has 0 atom stereocenters. The number of hydrazone groups is 1. The van der Waals surface area contributed by atoms with Crippen molar-refractivity contribution in [3.8, 4) is 5.69 Å². The highest BCUT2D eigenvalue weighted by atomic mass is 35.5. The lowest BCUT2D eigenvalue weighted by Gasteiger charge is -2.22. The van der Waals surface area contributed by atoms with Gasteiger partial charge >= 0.3 is 0 Å². The maximum absolute atomic E-state index is 12.4. The van der Waals surface area contributed by atoms with Crippen molar-refractivity contribution in [3.63, 3.8) is 0 Å². The average molecular weight is 528 g/mol. The van der Waals surface area contributed by atoms with Crippen LogP contribution in [0.5, 0.6) is 0 Å². The van der Waals surface area contributed by atoms with Gasteiger partial charge in [-0.05, 0) is 56.3 Å². The number of nitrogens with zero attached hydrogens (tertiary/aromatic N) is 3. The molecule has 0 spiro atoms. The smallest absolute Gasteiger partial charge is 0.260 e. The van der Waals surface area contributed by atoms with Gasteiger partial charge in [0.2, 0.25) is 10.0 Å². The summed E-state index contributed by atoms with van der Waals surface area (Å²) >= 11 is 18.2. The summed E-state index contributed by atoms with van der Waals surface area (Å²) in [7, 11) is -3.81. The fraction of sp³-hybridized carbons (Fsp3) is 0.182. The summed E-state index contributed by atoms with van der Waals surface area (Å²) in [6.07, 6.45) is 2.48. The normalized spacial score (nSPS) is 11.7. The van der Waals surface area contributed by atoms with E-state index in [1.807, 2.05) is 42.7 Å². The summed E-state index contributed by atoms with van der Waals surface area (Å²) in [5, 5.41) is 5.05. The van der Waals surface area contributed by atoms with Crippen LogP contribution in [-0.2, 0) is 14.8 Å². The molecule has 0 saturated carbocycles. The van der Waals surface area contributed by atoms with Gasteiger partial charge in [-0.15, -0.1) is 0 Å². The van der Waals surface area contributed by atoms with Gasteiger partial charge < -0.3 is 4.57 Å². The third-order valence-corrected chi connectivity index (χ3v) is 6.71. The van der Waals surface area contributed by atoms with Gasteiger partial charge in [-0.2, -0.15) is 5.10 Å². The number of benzene rings is 2. The van der Waals surface area contributed by atoms with Crippen LogP contribution >= 0.6 is 34.8 Å². The molecule has 0 radical (unpaired) electrons. The molecule has 0 aliphatic carbocycles. The van der Waals surface area contributed by atoms with Crippen LogP contribution in [0.15, 0.2) is 53.6 Å². The fourth-order valence-corrected chi connectivity index (χ4v) is 4.81. The molecular weight excluding hydrogens is 507 g/mol. The summed E-state index contributed by atoms with van der Waals surface area (Å²) in [4.78, 5) is 12.4. The predicted octanol–water partition coefficient (Wildman–Crippen LogP) is 4.97. The van der Waals surface area contributed by atoms with E-state index in [4.69, 9.17) is 34.8 Å². The number of anilines is 1. The molecule has 0 aliphatic heterocycles. The Labute approximate surface area is 207 Å². The number of carbonyl (C=O) groups excluding carboxylic acids is 1. The van der Waals surface area contributed by atoms with E-state index >= 15 is 0 Å². The molecule has 1 heterocycles. The molecule has 3 aromatic rings. The minimum absolute atomic E-state index is 0.107. The molecule has 3 rings (SSSR count). The predicted molar refractivity (Wildman–Crippen MR) is 135 cm³/mol. The van der Waals surface area contributed by atoms with Gasteiger partial charge in [0, 0.05) is 32.7 Å². The molecule has 0 aliphatic rings. The Morgan fingerprint density at radius 3 is 2.45 bits per heavy atom. The van der Waals surface area contributed by atoms with Crippen LogP contribution in [0.3, 0.4) is 0 Å². The van der Waals surface area contributed by atoms with Gasteiger partial charge in [-0.1, -0.05) is 40.9 Å². The molecule has 0 unspecified atom stereocenters. The lowest BCUT2D eigenvalue weighted by atomic mass is 10.2. The Bertz CT molecular complexity index is 1340. The van der Waals surface area contributed by atoms with E-state index in [0.717, 1.165) is 33.2 Å². The van der Waals surface area contributed by atoms with Crippen molar-refractivity contribution >= 4 is 62.6 Å². The van der Waals surface area contributed by atoms with Gasteiger partial charge in [0.05, 0.1) is 23.2 Å². The molecule has 2 aromatic carbocycles. The van der Waals surface area contributed by atoms with Gasteiger partial charge in [0.25, 0.3) is 5.91 Å². The van der Waals surface area contributed by atoms with E-state index in [0.29, 0.717) is 5.02 Å². The molecule has 33 heavy (non-hydrogen) atoms. The Hall–Kier alpha value is -2.52. The van der Waals surface area contributed by atoms with Crippen LogP contribution in [0.1, 0.15) is 17.0 Å². The number of hydrogen-bond donors (Lipinski definition) is 1. The summed E-state index contributed by atoms with van der Waals surface area (Å²) in [6, 6.07) is 13.7. The quantitative estimate of drug-likeness (QED) is 0.348. The number of hydrogen-bond acceptors (Lipinski definition) is 4. The highest BCUT2D eigenvalue weighted by Gasteiger charge is 2.23. The number of amides is 1. The van der Waals surface area contributed by atoms with Gasteiger partial charge in [-0.3, -0.25) is 9.10 Å². The number of carbonyl (C=O) groups is 1. The average Bonchev–Trinajstić information content (AvgIpc) is 3.00. The molecule has 7 nitrogen and oxygen atoms in total. The molecule has 174 valence electrons. The first-order valence-corrected chi connectivity index (χ1v) is 12.6. The van der Waals surface area contributed by atoms with Crippen LogP contribution < -0.4 is 9.73 Å². The fourth-order valence-electron chi connectivity index (χ4n) is 3.33. The van der Waals surface area contributed by atoms with E-state index in [2.05, 4.69) is 10.5 Å². The number of halogens is 3. The highest BCUT2D eigenvalue weighted by molar-refractivity contribution is 7.92. The van der Waals surface area contributed by atoms with Crippen LogP contribution in [0.2, 0.25) is 15.1 Å². The Morgan fingerprint density at radius 1 is 1.09 bits per heavy atom. The summed E-state index contributed by atoms with van der Waals surface area (Å²) in [5.74, 6) is -0.642. The molecule has 11 heteroatoms. The molecule has 0 saturated heterocycles. The molecule has 1 aromatic heterocycles. The van der Waals surface area contributed by atoms with Crippen LogP contribution in [0.4, 0.5) is 5.69 Å².